The van der Waals surface area contributed by atoms with Crippen LogP contribution in [0.5, 0.6) is 0 Å². The minimum absolute atomic E-state index is 1.24. The molecule has 0 fully saturated rings. The van der Waals surface area contributed by atoms with Crippen LogP contribution in [-0.2, 0) is 0 Å². The Morgan fingerprint density at radius 1 is 0.250 bits per heavy atom. The predicted octanol–water partition coefficient (Wildman–Crippen LogP) is 11.3. The summed E-state index contributed by atoms with van der Waals surface area (Å²) in [7, 11) is 0. The van der Waals surface area contributed by atoms with Crippen LogP contribution in [0.2, 0.25) is 0 Å². The van der Waals surface area contributed by atoms with Crippen LogP contribution in [0.25, 0.3) is 76.5 Å². The van der Waals surface area contributed by atoms with Crippen molar-refractivity contribution in [2.45, 2.75) is 0 Å². The van der Waals surface area contributed by atoms with Gasteiger partial charge in [0, 0.05) is 0 Å². The second-order valence-electron chi connectivity index (χ2n) is 10.5. The Balaban J connectivity index is 1.36. The van der Waals surface area contributed by atoms with E-state index in [1.165, 1.54) is 76.5 Å². The Hall–Kier alpha value is -5.20. The fourth-order valence-electron chi connectivity index (χ4n) is 6.39. The van der Waals surface area contributed by atoms with Gasteiger partial charge in [-0.05, 0) is 82.5 Å². The summed E-state index contributed by atoms with van der Waals surface area (Å²) in [6, 6.07) is 57.5. The summed E-state index contributed by atoms with van der Waals surface area (Å²) in [6.07, 6.45) is 0. The van der Waals surface area contributed by atoms with Gasteiger partial charge in [0.15, 0.2) is 0 Å². The van der Waals surface area contributed by atoms with Crippen molar-refractivity contribution in [2.75, 3.05) is 0 Å². The Morgan fingerprint density at radius 2 is 0.700 bits per heavy atom. The van der Waals surface area contributed by atoms with Crippen molar-refractivity contribution < 1.29 is 0 Å². The number of hydrogen-bond donors (Lipinski definition) is 0. The molecular weight excluding hydrogens is 480 g/mol. The Kier molecular flexibility index (Phi) is 5.24. The summed E-state index contributed by atoms with van der Waals surface area (Å²) >= 11 is 0. The Labute approximate surface area is 233 Å². The molecule has 0 saturated carbocycles. The lowest BCUT2D eigenvalue weighted by molar-refractivity contribution is 1.63. The lowest BCUT2D eigenvalue weighted by Crippen LogP contribution is -1.91. The average molecular weight is 507 g/mol. The molecule has 0 saturated heterocycles. The van der Waals surface area contributed by atoms with Crippen molar-refractivity contribution in [2.24, 2.45) is 0 Å². The van der Waals surface area contributed by atoms with Gasteiger partial charge in [-0.3, -0.25) is 0 Å². The molecule has 0 atom stereocenters. The monoisotopic (exact) mass is 506 g/mol. The lowest BCUT2D eigenvalue weighted by Gasteiger charge is -2.18. The van der Waals surface area contributed by atoms with E-state index < -0.39 is 0 Å². The second-order valence-corrected chi connectivity index (χ2v) is 10.5. The molecule has 0 radical (unpaired) electrons. The highest BCUT2D eigenvalue weighted by atomic mass is 14.2. The largest absolute Gasteiger partial charge is 0.0616 e. The first-order valence-corrected chi connectivity index (χ1v) is 13.9. The van der Waals surface area contributed by atoms with E-state index in [1.807, 2.05) is 0 Å². The molecule has 0 heteroatoms. The van der Waals surface area contributed by atoms with E-state index >= 15 is 0 Å². The molecule has 0 N–H and O–H groups in total. The van der Waals surface area contributed by atoms with Gasteiger partial charge >= 0.3 is 0 Å². The Bertz CT molecular complexity index is 2140. The molecule has 0 amide bonds. The molecule has 0 spiro atoms. The summed E-state index contributed by atoms with van der Waals surface area (Å²) < 4.78 is 0. The minimum atomic E-state index is 1.24. The van der Waals surface area contributed by atoms with E-state index in [-0.39, 0.29) is 0 Å². The molecule has 40 heavy (non-hydrogen) atoms. The fourth-order valence-corrected chi connectivity index (χ4v) is 6.39. The van der Waals surface area contributed by atoms with Crippen LogP contribution in [0.4, 0.5) is 0 Å². The average Bonchev–Trinajstić information content (AvgIpc) is 3.03. The zero-order valence-corrected chi connectivity index (χ0v) is 22.0. The first kappa shape index (κ1) is 22.8. The molecule has 0 unspecified atom stereocenters. The molecule has 0 aliphatic carbocycles. The first-order chi connectivity index (χ1) is 19.8. The molecule has 0 aromatic heterocycles. The number of hydrogen-bond acceptors (Lipinski definition) is 0. The molecule has 0 aliphatic heterocycles. The lowest BCUT2D eigenvalue weighted by atomic mass is 9.85. The molecule has 0 bridgehead atoms. The first-order valence-electron chi connectivity index (χ1n) is 13.9. The molecular formula is C40H26. The van der Waals surface area contributed by atoms with E-state index in [2.05, 4.69) is 158 Å². The highest BCUT2D eigenvalue weighted by Gasteiger charge is 2.17. The maximum Gasteiger partial charge on any atom is -0.00262 e. The molecule has 8 rings (SSSR count). The van der Waals surface area contributed by atoms with Crippen molar-refractivity contribution in [3.8, 4) is 33.4 Å². The van der Waals surface area contributed by atoms with Crippen LogP contribution < -0.4 is 0 Å². The predicted molar refractivity (Wildman–Crippen MR) is 173 cm³/mol. The highest BCUT2D eigenvalue weighted by molar-refractivity contribution is 6.21. The summed E-state index contributed by atoms with van der Waals surface area (Å²) in [5.41, 5.74) is 7.59. The minimum Gasteiger partial charge on any atom is -0.0616 e. The van der Waals surface area contributed by atoms with Gasteiger partial charge in [0.2, 0.25) is 0 Å². The fraction of sp³-hybridized carbons (Fsp3) is 0. The van der Waals surface area contributed by atoms with Crippen LogP contribution in [0.3, 0.4) is 0 Å². The van der Waals surface area contributed by atoms with E-state index in [0.29, 0.717) is 0 Å². The molecule has 8 aromatic carbocycles. The van der Waals surface area contributed by atoms with E-state index in [4.69, 9.17) is 0 Å². The van der Waals surface area contributed by atoms with Crippen LogP contribution in [0.15, 0.2) is 158 Å². The highest BCUT2D eigenvalue weighted by Crippen LogP contribution is 2.44. The van der Waals surface area contributed by atoms with Gasteiger partial charge in [0.05, 0.1) is 0 Å². The summed E-state index contributed by atoms with van der Waals surface area (Å²) in [5.74, 6) is 0. The molecule has 0 heterocycles. The smallest absolute Gasteiger partial charge is 0.00262 e. The van der Waals surface area contributed by atoms with Crippen molar-refractivity contribution in [3.63, 3.8) is 0 Å². The summed E-state index contributed by atoms with van der Waals surface area (Å²) in [6.45, 7) is 0. The zero-order chi connectivity index (χ0) is 26.5. The summed E-state index contributed by atoms with van der Waals surface area (Å²) in [4.78, 5) is 0. The number of fused-ring (bicyclic) bond motifs is 4. The van der Waals surface area contributed by atoms with Gasteiger partial charge in [0.25, 0.3) is 0 Å². The quantitative estimate of drug-likeness (QED) is 0.209. The van der Waals surface area contributed by atoms with Crippen molar-refractivity contribution in [1.29, 1.82) is 0 Å². The third kappa shape index (κ3) is 3.61. The van der Waals surface area contributed by atoms with Crippen LogP contribution in [-0.4, -0.2) is 0 Å². The maximum atomic E-state index is 2.34. The van der Waals surface area contributed by atoms with E-state index in [9.17, 15) is 0 Å². The standard InChI is InChI=1S/C40H26/c1-2-12-31-26-32(25-20-27(31)10-1)40-37-17-7-5-15-35(37)39(36-16-6-8-18-38(36)40)30-23-21-29(22-24-30)34-19-9-13-28-11-3-4-14-33(28)34/h1-26H. The number of benzene rings is 8. The van der Waals surface area contributed by atoms with Gasteiger partial charge < -0.3 is 0 Å². The van der Waals surface area contributed by atoms with Crippen molar-refractivity contribution in [1.82, 2.24) is 0 Å². The van der Waals surface area contributed by atoms with Crippen LogP contribution in [0, 0.1) is 0 Å². The molecule has 0 nitrogen and oxygen atoms in total. The van der Waals surface area contributed by atoms with Crippen molar-refractivity contribution >= 4 is 43.1 Å². The molecule has 8 aromatic rings. The second kappa shape index (κ2) is 9.22. The van der Waals surface area contributed by atoms with E-state index in [0.717, 1.165) is 0 Å². The topological polar surface area (TPSA) is 0 Å². The zero-order valence-electron chi connectivity index (χ0n) is 22.0. The van der Waals surface area contributed by atoms with Gasteiger partial charge in [-0.2, -0.15) is 0 Å². The maximum absolute atomic E-state index is 2.34. The van der Waals surface area contributed by atoms with Crippen LogP contribution in [0.1, 0.15) is 0 Å². The number of rotatable bonds is 3. The Morgan fingerprint density at radius 3 is 1.35 bits per heavy atom. The van der Waals surface area contributed by atoms with Gasteiger partial charge in [-0.25, -0.2) is 0 Å². The summed E-state index contributed by atoms with van der Waals surface area (Å²) in [5, 5.41) is 10.2. The SMILES string of the molecule is c1ccc2cc(-c3c4ccccc4c(-c4ccc(-c5cccc6ccccc56)cc4)c4ccccc34)ccc2c1. The normalized spacial score (nSPS) is 11.5. The van der Waals surface area contributed by atoms with Crippen LogP contribution >= 0.6 is 0 Å². The van der Waals surface area contributed by atoms with Gasteiger partial charge in [-0.1, -0.05) is 152 Å². The van der Waals surface area contributed by atoms with Gasteiger partial charge in [-0.15, -0.1) is 0 Å². The molecule has 186 valence electrons. The van der Waals surface area contributed by atoms with E-state index in [1.54, 1.807) is 0 Å². The third-order valence-corrected chi connectivity index (χ3v) is 8.24. The van der Waals surface area contributed by atoms with Gasteiger partial charge in [0.1, 0.15) is 0 Å². The molecule has 0 aliphatic rings. The van der Waals surface area contributed by atoms with Crippen molar-refractivity contribution in [3.05, 3.63) is 158 Å². The third-order valence-electron chi connectivity index (χ3n) is 8.24.